The molecule has 0 radical (unpaired) electrons. The van der Waals surface area contributed by atoms with Crippen LogP contribution in [-0.4, -0.2) is 18.5 Å². The first-order chi connectivity index (χ1) is 5.75. The van der Waals surface area contributed by atoms with Gasteiger partial charge < -0.3 is 9.84 Å². The highest BCUT2D eigenvalue weighted by Gasteiger charge is 2.16. The molecule has 1 aromatic rings. The summed E-state index contributed by atoms with van der Waals surface area (Å²) in [7, 11) is 1.47. The van der Waals surface area contributed by atoms with Crippen molar-refractivity contribution < 1.29 is 9.84 Å². The Bertz CT molecular complexity index is 225. The van der Waals surface area contributed by atoms with Crippen LogP contribution in [0.2, 0.25) is 0 Å². The zero-order valence-electron chi connectivity index (χ0n) is 6.77. The minimum absolute atomic E-state index is 0.163. The number of rotatable bonds is 3. The van der Waals surface area contributed by atoms with E-state index < -0.39 is 6.29 Å². The normalized spacial score (nSPS) is 15.6. The summed E-state index contributed by atoms with van der Waals surface area (Å²) in [4.78, 5) is -0.163. The van der Waals surface area contributed by atoms with E-state index in [2.05, 4.69) is 15.9 Å². The Balaban J connectivity index is 2.71. The zero-order valence-corrected chi connectivity index (χ0v) is 8.36. The molecule has 1 rings (SSSR count). The van der Waals surface area contributed by atoms with Gasteiger partial charge in [-0.2, -0.15) is 0 Å². The Morgan fingerprint density at radius 1 is 1.33 bits per heavy atom. The maximum absolute atomic E-state index is 9.31. The molecule has 0 heterocycles. The van der Waals surface area contributed by atoms with Crippen LogP contribution >= 0.6 is 15.9 Å². The summed E-state index contributed by atoms with van der Waals surface area (Å²) in [5.74, 6) is 0. The van der Waals surface area contributed by atoms with Gasteiger partial charge in [0.1, 0.15) is 0 Å². The molecule has 0 fully saturated rings. The molecule has 0 spiro atoms. The SMILES string of the molecule is COC(O)C(Br)c1ccccc1. The number of halogens is 1. The Morgan fingerprint density at radius 2 is 1.92 bits per heavy atom. The summed E-state index contributed by atoms with van der Waals surface area (Å²) in [6.07, 6.45) is -0.799. The van der Waals surface area contributed by atoms with Crippen LogP contribution in [0.5, 0.6) is 0 Å². The molecule has 66 valence electrons. The number of aliphatic hydroxyl groups excluding tert-OH is 1. The number of benzene rings is 1. The Hall–Kier alpha value is -0.380. The highest BCUT2D eigenvalue weighted by molar-refractivity contribution is 9.09. The lowest BCUT2D eigenvalue weighted by atomic mass is 10.1. The Labute approximate surface area is 80.3 Å². The quantitative estimate of drug-likeness (QED) is 0.637. The molecule has 0 aliphatic carbocycles. The third kappa shape index (κ3) is 2.30. The van der Waals surface area contributed by atoms with Gasteiger partial charge in [-0.25, -0.2) is 0 Å². The average Bonchev–Trinajstić information content (AvgIpc) is 2.17. The minimum Gasteiger partial charge on any atom is -0.367 e. The molecule has 0 amide bonds. The molecule has 12 heavy (non-hydrogen) atoms. The van der Waals surface area contributed by atoms with Crippen LogP contribution in [-0.2, 0) is 4.74 Å². The van der Waals surface area contributed by atoms with Crippen LogP contribution in [0.4, 0.5) is 0 Å². The predicted molar refractivity (Wildman–Crippen MR) is 51.1 cm³/mol. The molecule has 0 aromatic heterocycles. The first-order valence-electron chi connectivity index (χ1n) is 3.65. The number of hydrogen-bond donors (Lipinski definition) is 1. The molecular weight excluding hydrogens is 220 g/mol. The highest BCUT2D eigenvalue weighted by Crippen LogP contribution is 2.26. The molecule has 2 atom stereocenters. The van der Waals surface area contributed by atoms with Crippen molar-refractivity contribution in [1.29, 1.82) is 0 Å². The second-order valence-corrected chi connectivity index (χ2v) is 3.43. The van der Waals surface area contributed by atoms with E-state index in [1.165, 1.54) is 7.11 Å². The van der Waals surface area contributed by atoms with Gasteiger partial charge in [-0.05, 0) is 5.56 Å². The molecular formula is C9H11BrO2. The van der Waals surface area contributed by atoms with Gasteiger partial charge in [0.2, 0.25) is 0 Å². The van der Waals surface area contributed by atoms with E-state index >= 15 is 0 Å². The Morgan fingerprint density at radius 3 is 2.42 bits per heavy atom. The van der Waals surface area contributed by atoms with Gasteiger partial charge in [0.25, 0.3) is 0 Å². The largest absolute Gasteiger partial charge is 0.367 e. The second-order valence-electron chi connectivity index (χ2n) is 2.44. The van der Waals surface area contributed by atoms with Gasteiger partial charge in [0, 0.05) is 7.11 Å². The van der Waals surface area contributed by atoms with Gasteiger partial charge in [0.15, 0.2) is 6.29 Å². The van der Waals surface area contributed by atoms with Crippen LogP contribution < -0.4 is 0 Å². The predicted octanol–water partition coefficient (Wildman–Crippen LogP) is 2.09. The van der Waals surface area contributed by atoms with Crippen molar-refractivity contribution in [2.45, 2.75) is 11.1 Å². The van der Waals surface area contributed by atoms with Gasteiger partial charge in [-0.15, -0.1) is 0 Å². The topological polar surface area (TPSA) is 29.5 Å². The van der Waals surface area contributed by atoms with Crippen LogP contribution in [0.15, 0.2) is 30.3 Å². The first kappa shape index (κ1) is 9.71. The fourth-order valence-corrected chi connectivity index (χ4v) is 1.44. The summed E-state index contributed by atoms with van der Waals surface area (Å²) < 4.78 is 4.78. The summed E-state index contributed by atoms with van der Waals surface area (Å²) in [6, 6.07) is 9.64. The summed E-state index contributed by atoms with van der Waals surface area (Å²) >= 11 is 3.34. The van der Waals surface area contributed by atoms with Crippen molar-refractivity contribution in [3.63, 3.8) is 0 Å². The van der Waals surface area contributed by atoms with Crippen LogP contribution in [0, 0.1) is 0 Å². The highest BCUT2D eigenvalue weighted by atomic mass is 79.9. The molecule has 0 bridgehead atoms. The van der Waals surface area contributed by atoms with E-state index in [4.69, 9.17) is 4.74 Å². The molecule has 3 heteroatoms. The molecule has 2 nitrogen and oxygen atoms in total. The molecule has 1 N–H and O–H groups in total. The number of alkyl halides is 1. The molecule has 0 aliphatic heterocycles. The van der Waals surface area contributed by atoms with E-state index in [0.29, 0.717) is 0 Å². The van der Waals surface area contributed by atoms with E-state index in [1.807, 2.05) is 30.3 Å². The van der Waals surface area contributed by atoms with Gasteiger partial charge in [0.05, 0.1) is 4.83 Å². The van der Waals surface area contributed by atoms with Gasteiger partial charge in [-0.1, -0.05) is 46.3 Å². The molecule has 1 aromatic carbocycles. The van der Waals surface area contributed by atoms with Gasteiger partial charge >= 0.3 is 0 Å². The summed E-state index contributed by atoms with van der Waals surface area (Å²) in [5.41, 5.74) is 1.01. The number of methoxy groups -OCH3 is 1. The maximum atomic E-state index is 9.31. The number of hydrogen-bond acceptors (Lipinski definition) is 2. The van der Waals surface area contributed by atoms with Crippen molar-refractivity contribution in [1.82, 2.24) is 0 Å². The first-order valence-corrected chi connectivity index (χ1v) is 4.57. The van der Waals surface area contributed by atoms with Crippen molar-refractivity contribution in [2.75, 3.05) is 7.11 Å². The minimum atomic E-state index is -0.799. The van der Waals surface area contributed by atoms with Crippen LogP contribution in [0.3, 0.4) is 0 Å². The van der Waals surface area contributed by atoms with Gasteiger partial charge in [-0.3, -0.25) is 0 Å². The lowest BCUT2D eigenvalue weighted by molar-refractivity contribution is -0.0728. The monoisotopic (exact) mass is 230 g/mol. The van der Waals surface area contributed by atoms with Crippen molar-refractivity contribution in [3.8, 4) is 0 Å². The standard InChI is InChI=1S/C9H11BrO2/c1-12-9(11)8(10)7-5-3-2-4-6-7/h2-6,8-9,11H,1H3. The fourth-order valence-electron chi connectivity index (χ4n) is 0.921. The molecule has 0 saturated heterocycles. The number of ether oxygens (including phenoxy) is 1. The van der Waals surface area contributed by atoms with Crippen LogP contribution in [0.1, 0.15) is 10.4 Å². The lowest BCUT2D eigenvalue weighted by Crippen LogP contribution is -2.15. The maximum Gasteiger partial charge on any atom is 0.170 e. The van der Waals surface area contributed by atoms with E-state index in [0.717, 1.165) is 5.56 Å². The summed E-state index contributed by atoms with van der Waals surface area (Å²) in [6.45, 7) is 0. The van der Waals surface area contributed by atoms with E-state index in [9.17, 15) is 5.11 Å². The Kier molecular flexibility index (Phi) is 3.72. The van der Waals surface area contributed by atoms with Crippen molar-refractivity contribution in [2.24, 2.45) is 0 Å². The molecule has 0 saturated carbocycles. The third-order valence-electron chi connectivity index (χ3n) is 1.61. The smallest absolute Gasteiger partial charge is 0.170 e. The van der Waals surface area contributed by atoms with Crippen molar-refractivity contribution >= 4 is 15.9 Å². The second kappa shape index (κ2) is 4.60. The summed E-state index contributed by atoms with van der Waals surface area (Å²) in [5, 5.41) is 9.31. The third-order valence-corrected chi connectivity index (χ3v) is 2.59. The van der Waals surface area contributed by atoms with E-state index in [-0.39, 0.29) is 4.83 Å². The number of aliphatic hydroxyl groups is 1. The van der Waals surface area contributed by atoms with Crippen LogP contribution in [0.25, 0.3) is 0 Å². The fraction of sp³-hybridized carbons (Fsp3) is 0.333. The van der Waals surface area contributed by atoms with E-state index in [1.54, 1.807) is 0 Å². The zero-order chi connectivity index (χ0) is 8.97. The average molecular weight is 231 g/mol. The lowest BCUT2D eigenvalue weighted by Gasteiger charge is -2.15. The van der Waals surface area contributed by atoms with Crippen molar-refractivity contribution in [3.05, 3.63) is 35.9 Å². The molecule has 0 aliphatic rings. The molecule has 2 unspecified atom stereocenters.